The normalized spacial score (nSPS) is 10.6. The Morgan fingerprint density at radius 3 is 2.76 bits per heavy atom. The number of hydrogen-bond acceptors (Lipinski definition) is 3. The van der Waals surface area contributed by atoms with Gasteiger partial charge in [-0.3, -0.25) is 9.97 Å². The minimum Gasteiger partial charge on any atom is -0.397 e. The molecule has 3 heteroatoms. The number of aromatic nitrogens is 2. The summed E-state index contributed by atoms with van der Waals surface area (Å²) in [7, 11) is 0. The second-order valence-electron chi connectivity index (χ2n) is 3.88. The summed E-state index contributed by atoms with van der Waals surface area (Å²) in [5.41, 5.74) is 9.53. The fourth-order valence-corrected chi connectivity index (χ4v) is 1.95. The minimum absolute atomic E-state index is 0.670. The van der Waals surface area contributed by atoms with Crippen LogP contribution in [-0.2, 0) is 0 Å². The third kappa shape index (κ3) is 1.72. The van der Waals surface area contributed by atoms with Crippen molar-refractivity contribution in [3.05, 3.63) is 55.0 Å². The van der Waals surface area contributed by atoms with Crippen LogP contribution < -0.4 is 5.73 Å². The standard InChI is InChI=1S/C14H11N3/c15-11-7-10(8-16-9-11)12-5-6-17-14-4-2-1-3-13(12)14/h1-9H,15H2. The maximum Gasteiger partial charge on any atom is 0.0708 e. The Balaban J connectivity index is 2.30. The molecule has 2 aromatic heterocycles. The van der Waals surface area contributed by atoms with Gasteiger partial charge in [-0.2, -0.15) is 0 Å². The summed E-state index contributed by atoms with van der Waals surface area (Å²) in [6.07, 6.45) is 5.27. The van der Waals surface area contributed by atoms with E-state index in [9.17, 15) is 0 Å². The average molecular weight is 221 g/mol. The number of hydrogen-bond donors (Lipinski definition) is 1. The molecule has 2 N–H and O–H groups in total. The molecule has 0 atom stereocenters. The predicted molar refractivity (Wildman–Crippen MR) is 69.4 cm³/mol. The zero-order chi connectivity index (χ0) is 11.7. The Labute approximate surface area is 98.9 Å². The van der Waals surface area contributed by atoms with Gasteiger partial charge >= 0.3 is 0 Å². The molecular formula is C14H11N3. The number of rotatable bonds is 1. The third-order valence-corrected chi connectivity index (χ3v) is 2.72. The van der Waals surface area contributed by atoms with E-state index < -0.39 is 0 Å². The van der Waals surface area contributed by atoms with Gasteiger partial charge in [-0.05, 0) is 23.8 Å². The quantitative estimate of drug-likeness (QED) is 0.687. The number of pyridine rings is 2. The number of nitrogen functional groups attached to an aromatic ring is 1. The molecule has 17 heavy (non-hydrogen) atoms. The van der Waals surface area contributed by atoms with Gasteiger partial charge in [0.05, 0.1) is 11.2 Å². The zero-order valence-electron chi connectivity index (χ0n) is 9.17. The minimum atomic E-state index is 0.670. The first-order valence-electron chi connectivity index (χ1n) is 5.39. The molecule has 0 unspecified atom stereocenters. The molecule has 0 radical (unpaired) electrons. The van der Waals surface area contributed by atoms with Crippen LogP contribution in [0.4, 0.5) is 5.69 Å². The SMILES string of the molecule is Nc1cncc(-c2ccnc3ccccc23)c1. The summed E-state index contributed by atoms with van der Waals surface area (Å²) < 4.78 is 0. The highest BCUT2D eigenvalue weighted by Crippen LogP contribution is 2.27. The zero-order valence-corrected chi connectivity index (χ0v) is 9.17. The van der Waals surface area contributed by atoms with E-state index in [0.29, 0.717) is 5.69 Å². The summed E-state index contributed by atoms with van der Waals surface area (Å²) in [6.45, 7) is 0. The van der Waals surface area contributed by atoms with Crippen molar-refractivity contribution >= 4 is 16.6 Å². The molecule has 0 fully saturated rings. The molecule has 0 spiro atoms. The van der Waals surface area contributed by atoms with Crippen LogP contribution in [0.25, 0.3) is 22.0 Å². The van der Waals surface area contributed by atoms with Gasteiger partial charge in [-0.25, -0.2) is 0 Å². The fraction of sp³-hybridized carbons (Fsp3) is 0. The van der Waals surface area contributed by atoms with Crippen LogP contribution in [0.2, 0.25) is 0 Å². The first-order valence-corrected chi connectivity index (χ1v) is 5.39. The Kier molecular flexibility index (Phi) is 2.22. The van der Waals surface area contributed by atoms with Gasteiger partial charge in [0.1, 0.15) is 0 Å². The second-order valence-corrected chi connectivity index (χ2v) is 3.88. The smallest absolute Gasteiger partial charge is 0.0708 e. The van der Waals surface area contributed by atoms with Crippen LogP contribution in [0.15, 0.2) is 55.0 Å². The van der Waals surface area contributed by atoms with E-state index in [0.717, 1.165) is 22.0 Å². The first kappa shape index (κ1) is 9.78. The molecule has 0 aliphatic rings. The first-order chi connectivity index (χ1) is 8.34. The third-order valence-electron chi connectivity index (χ3n) is 2.72. The predicted octanol–water partition coefficient (Wildman–Crippen LogP) is 2.88. The fourth-order valence-electron chi connectivity index (χ4n) is 1.95. The summed E-state index contributed by atoms with van der Waals surface area (Å²) >= 11 is 0. The summed E-state index contributed by atoms with van der Waals surface area (Å²) in [5, 5.41) is 1.11. The van der Waals surface area contributed by atoms with Gasteiger partial charge in [-0.1, -0.05) is 18.2 Å². The topological polar surface area (TPSA) is 51.8 Å². The average Bonchev–Trinajstić information content (AvgIpc) is 2.38. The van der Waals surface area contributed by atoms with Gasteiger partial charge in [0.25, 0.3) is 0 Å². The lowest BCUT2D eigenvalue weighted by Gasteiger charge is -2.06. The second kappa shape index (κ2) is 3.87. The highest BCUT2D eigenvalue weighted by atomic mass is 14.7. The molecular weight excluding hydrogens is 210 g/mol. The molecule has 0 bridgehead atoms. The van der Waals surface area contributed by atoms with E-state index >= 15 is 0 Å². The van der Waals surface area contributed by atoms with Crippen molar-refractivity contribution in [1.82, 2.24) is 9.97 Å². The molecule has 0 amide bonds. The van der Waals surface area contributed by atoms with Gasteiger partial charge in [-0.15, -0.1) is 0 Å². The van der Waals surface area contributed by atoms with Crippen LogP contribution >= 0.6 is 0 Å². The molecule has 3 nitrogen and oxygen atoms in total. The maximum absolute atomic E-state index is 5.76. The van der Waals surface area contributed by atoms with E-state index in [1.807, 2.05) is 36.5 Å². The molecule has 1 aromatic carbocycles. The Hall–Kier alpha value is -2.42. The molecule has 0 aliphatic heterocycles. The van der Waals surface area contributed by atoms with Crippen LogP contribution in [0.1, 0.15) is 0 Å². The van der Waals surface area contributed by atoms with E-state index in [2.05, 4.69) is 16.0 Å². The number of anilines is 1. The van der Waals surface area contributed by atoms with Crippen molar-refractivity contribution in [3.63, 3.8) is 0 Å². The molecule has 3 rings (SSSR count). The van der Waals surface area contributed by atoms with Crippen molar-refractivity contribution in [1.29, 1.82) is 0 Å². The molecule has 2 heterocycles. The van der Waals surface area contributed by atoms with Gasteiger partial charge in [0.15, 0.2) is 0 Å². The molecule has 0 aliphatic carbocycles. The van der Waals surface area contributed by atoms with Gasteiger partial charge in [0, 0.05) is 29.5 Å². The lowest BCUT2D eigenvalue weighted by Crippen LogP contribution is -1.89. The summed E-state index contributed by atoms with van der Waals surface area (Å²) in [4.78, 5) is 8.46. The summed E-state index contributed by atoms with van der Waals surface area (Å²) in [5.74, 6) is 0. The van der Waals surface area contributed by atoms with Crippen molar-refractivity contribution in [3.8, 4) is 11.1 Å². The van der Waals surface area contributed by atoms with Crippen molar-refractivity contribution in [2.24, 2.45) is 0 Å². The van der Waals surface area contributed by atoms with Gasteiger partial charge in [0.2, 0.25) is 0 Å². The Bertz CT molecular complexity index is 672. The Morgan fingerprint density at radius 1 is 1.00 bits per heavy atom. The van der Waals surface area contributed by atoms with Crippen LogP contribution in [0, 0.1) is 0 Å². The summed E-state index contributed by atoms with van der Waals surface area (Å²) in [6, 6.07) is 12.0. The van der Waals surface area contributed by atoms with Crippen molar-refractivity contribution < 1.29 is 0 Å². The van der Waals surface area contributed by atoms with Crippen LogP contribution in [0.5, 0.6) is 0 Å². The highest BCUT2D eigenvalue weighted by Gasteiger charge is 2.04. The number of para-hydroxylation sites is 1. The van der Waals surface area contributed by atoms with E-state index in [1.54, 1.807) is 12.4 Å². The Morgan fingerprint density at radius 2 is 1.88 bits per heavy atom. The largest absolute Gasteiger partial charge is 0.397 e. The van der Waals surface area contributed by atoms with Gasteiger partial charge < -0.3 is 5.73 Å². The number of nitrogens with two attached hydrogens (primary N) is 1. The highest BCUT2D eigenvalue weighted by molar-refractivity contribution is 5.94. The monoisotopic (exact) mass is 221 g/mol. The van der Waals surface area contributed by atoms with Crippen molar-refractivity contribution in [2.75, 3.05) is 5.73 Å². The van der Waals surface area contributed by atoms with Crippen LogP contribution in [-0.4, -0.2) is 9.97 Å². The lowest BCUT2D eigenvalue weighted by atomic mass is 10.0. The molecule has 0 saturated heterocycles. The van der Waals surface area contributed by atoms with Crippen LogP contribution in [0.3, 0.4) is 0 Å². The van der Waals surface area contributed by atoms with E-state index in [4.69, 9.17) is 5.73 Å². The lowest BCUT2D eigenvalue weighted by molar-refractivity contribution is 1.33. The van der Waals surface area contributed by atoms with E-state index in [1.165, 1.54) is 0 Å². The number of benzene rings is 1. The van der Waals surface area contributed by atoms with Crippen molar-refractivity contribution in [2.45, 2.75) is 0 Å². The molecule has 0 saturated carbocycles. The maximum atomic E-state index is 5.76. The number of nitrogens with zero attached hydrogens (tertiary/aromatic N) is 2. The molecule has 82 valence electrons. The number of fused-ring (bicyclic) bond motifs is 1. The van der Waals surface area contributed by atoms with E-state index in [-0.39, 0.29) is 0 Å². The molecule has 3 aromatic rings.